The second-order valence-electron chi connectivity index (χ2n) is 3.84. The van der Waals surface area contributed by atoms with Crippen LogP contribution in [0.2, 0.25) is 0 Å². The van der Waals surface area contributed by atoms with Crippen molar-refractivity contribution >= 4 is 5.91 Å². The number of hydrogen-bond acceptors (Lipinski definition) is 1. The standard InChI is InChI=1S/C13H19NO/c1-4-8-13(15)14(3)11(2)12-9-6-5-7-10-12/h5-7,9-11H,4,8H2,1-3H3/t11-/m1/s1. The molecule has 0 aliphatic heterocycles. The summed E-state index contributed by atoms with van der Waals surface area (Å²) in [7, 11) is 1.87. The van der Waals surface area contributed by atoms with E-state index in [-0.39, 0.29) is 11.9 Å². The third-order valence-corrected chi connectivity index (χ3v) is 2.72. The molecule has 1 atom stereocenters. The molecule has 0 unspecified atom stereocenters. The molecule has 1 rings (SSSR count). The topological polar surface area (TPSA) is 20.3 Å². The van der Waals surface area contributed by atoms with Crippen LogP contribution in [0.5, 0.6) is 0 Å². The zero-order chi connectivity index (χ0) is 11.3. The van der Waals surface area contributed by atoms with Crippen molar-refractivity contribution in [2.75, 3.05) is 7.05 Å². The maximum atomic E-state index is 11.7. The van der Waals surface area contributed by atoms with Gasteiger partial charge < -0.3 is 4.90 Å². The van der Waals surface area contributed by atoms with Crippen molar-refractivity contribution in [3.63, 3.8) is 0 Å². The Hall–Kier alpha value is -1.31. The number of nitrogens with zero attached hydrogens (tertiary/aromatic N) is 1. The first-order valence-electron chi connectivity index (χ1n) is 5.47. The Labute approximate surface area is 91.9 Å². The Bertz CT molecular complexity index is 308. The summed E-state index contributed by atoms with van der Waals surface area (Å²) in [6.45, 7) is 4.09. The lowest BCUT2D eigenvalue weighted by atomic mass is 10.1. The molecule has 0 aliphatic carbocycles. The molecule has 1 amide bonds. The van der Waals surface area contributed by atoms with Crippen LogP contribution in [-0.4, -0.2) is 17.9 Å². The van der Waals surface area contributed by atoms with Crippen molar-refractivity contribution in [2.24, 2.45) is 0 Å². The van der Waals surface area contributed by atoms with Crippen molar-refractivity contribution in [3.8, 4) is 0 Å². The van der Waals surface area contributed by atoms with Gasteiger partial charge in [0.15, 0.2) is 0 Å². The summed E-state index contributed by atoms with van der Waals surface area (Å²) in [5.41, 5.74) is 1.18. The molecule has 0 bridgehead atoms. The van der Waals surface area contributed by atoms with E-state index in [1.807, 2.05) is 37.1 Å². The molecule has 0 saturated heterocycles. The van der Waals surface area contributed by atoms with Crippen molar-refractivity contribution in [2.45, 2.75) is 32.7 Å². The first kappa shape index (κ1) is 11.8. The summed E-state index contributed by atoms with van der Waals surface area (Å²) in [6.07, 6.45) is 1.54. The molecule has 0 N–H and O–H groups in total. The monoisotopic (exact) mass is 205 g/mol. The molecular formula is C13H19NO. The molecule has 0 heterocycles. The minimum atomic E-state index is 0.158. The highest BCUT2D eigenvalue weighted by molar-refractivity contribution is 5.76. The van der Waals surface area contributed by atoms with Crippen molar-refractivity contribution < 1.29 is 4.79 Å². The molecule has 2 heteroatoms. The highest BCUT2D eigenvalue weighted by Crippen LogP contribution is 2.18. The van der Waals surface area contributed by atoms with Gasteiger partial charge in [-0.2, -0.15) is 0 Å². The fraction of sp³-hybridized carbons (Fsp3) is 0.462. The van der Waals surface area contributed by atoms with Crippen molar-refractivity contribution in [1.29, 1.82) is 0 Å². The molecule has 0 radical (unpaired) electrons. The third-order valence-electron chi connectivity index (χ3n) is 2.72. The van der Waals surface area contributed by atoms with E-state index in [0.29, 0.717) is 6.42 Å². The lowest BCUT2D eigenvalue weighted by Gasteiger charge is -2.25. The van der Waals surface area contributed by atoms with Gasteiger partial charge in [-0.25, -0.2) is 0 Å². The number of carbonyl (C=O) groups excluding carboxylic acids is 1. The smallest absolute Gasteiger partial charge is 0.222 e. The van der Waals surface area contributed by atoms with Gasteiger partial charge in [-0.3, -0.25) is 4.79 Å². The first-order chi connectivity index (χ1) is 7.16. The van der Waals surface area contributed by atoms with Gasteiger partial charge in [0.25, 0.3) is 0 Å². The van der Waals surface area contributed by atoms with Crippen LogP contribution in [0.15, 0.2) is 30.3 Å². The summed E-state index contributed by atoms with van der Waals surface area (Å²) < 4.78 is 0. The Kier molecular flexibility index (Phi) is 4.35. The summed E-state index contributed by atoms with van der Waals surface area (Å²) in [4.78, 5) is 13.5. The fourth-order valence-electron chi connectivity index (χ4n) is 1.56. The predicted molar refractivity (Wildman–Crippen MR) is 62.5 cm³/mol. The Morgan fingerprint density at radius 1 is 1.33 bits per heavy atom. The van der Waals surface area contributed by atoms with Gasteiger partial charge in [-0.05, 0) is 18.9 Å². The number of rotatable bonds is 4. The van der Waals surface area contributed by atoms with E-state index in [1.54, 1.807) is 0 Å². The van der Waals surface area contributed by atoms with Crippen LogP contribution in [0.1, 0.15) is 38.3 Å². The molecule has 0 aromatic heterocycles. The molecule has 1 aromatic rings. The molecule has 1 aromatic carbocycles. The largest absolute Gasteiger partial charge is 0.339 e. The predicted octanol–water partition coefficient (Wildman–Crippen LogP) is 3.01. The molecule has 0 spiro atoms. The van der Waals surface area contributed by atoms with Crippen LogP contribution in [0.25, 0.3) is 0 Å². The highest BCUT2D eigenvalue weighted by atomic mass is 16.2. The third kappa shape index (κ3) is 3.08. The van der Waals surface area contributed by atoms with Gasteiger partial charge in [-0.1, -0.05) is 37.3 Å². The van der Waals surface area contributed by atoms with Crippen LogP contribution < -0.4 is 0 Å². The van der Waals surface area contributed by atoms with E-state index in [1.165, 1.54) is 5.56 Å². The molecule has 2 nitrogen and oxygen atoms in total. The van der Waals surface area contributed by atoms with Gasteiger partial charge in [-0.15, -0.1) is 0 Å². The first-order valence-corrected chi connectivity index (χ1v) is 5.47. The van der Waals surface area contributed by atoms with Gasteiger partial charge in [0.1, 0.15) is 0 Å². The Morgan fingerprint density at radius 3 is 2.47 bits per heavy atom. The number of benzene rings is 1. The molecular weight excluding hydrogens is 186 g/mol. The van der Waals surface area contributed by atoms with Crippen LogP contribution >= 0.6 is 0 Å². The number of amides is 1. The van der Waals surface area contributed by atoms with E-state index in [2.05, 4.69) is 19.1 Å². The van der Waals surface area contributed by atoms with Gasteiger partial charge in [0.05, 0.1) is 6.04 Å². The van der Waals surface area contributed by atoms with E-state index >= 15 is 0 Å². The minimum Gasteiger partial charge on any atom is -0.339 e. The second kappa shape index (κ2) is 5.54. The van der Waals surface area contributed by atoms with E-state index in [4.69, 9.17) is 0 Å². The van der Waals surface area contributed by atoms with Gasteiger partial charge in [0, 0.05) is 13.5 Å². The highest BCUT2D eigenvalue weighted by Gasteiger charge is 2.15. The zero-order valence-corrected chi connectivity index (χ0v) is 9.73. The zero-order valence-electron chi connectivity index (χ0n) is 9.73. The maximum Gasteiger partial charge on any atom is 0.222 e. The van der Waals surface area contributed by atoms with E-state index < -0.39 is 0 Å². The SMILES string of the molecule is CCCC(=O)N(C)[C@H](C)c1ccccc1. The minimum absolute atomic E-state index is 0.158. The van der Waals surface area contributed by atoms with Crippen LogP contribution in [-0.2, 0) is 4.79 Å². The lowest BCUT2D eigenvalue weighted by molar-refractivity contribution is -0.131. The molecule has 0 saturated carbocycles. The van der Waals surface area contributed by atoms with E-state index in [0.717, 1.165) is 6.42 Å². The summed E-state index contributed by atoms with van der Waals surface area (Å²) >= 11 is 0. The lowest BCUT2D eigenvalue weighted by Crippen LogP contribution is -2.29. The quantitative estimate of drug-likeness (QED) is 0.740. The Balaban J connectivity index is 2.68. The normalized spacial score (nSPS) is 12.2. The van der Waals surface area contributed by atoms with Crippen LogP contribution in [0.4, 0.5) is 0 Å². The Morgan fingerprint density at radius 2 is 1.93 bits per heavy atom. The number of hydrogen-bond donors (Lipinski definition) is 0. The van der Waals surface area contributed by atoms with Crippen LogP contribution in [0, 0.1) is 0 Å². The van der Waals surface area contributed by atoms with Crippen molar-refractivity contribution in [3.05, 3.63) is 35.9 Å². The van der Waals surface area contributed by atoms with E-state index in [9.17, 15) is 4.79 Å². The summed E-state index contributed by atoms with van der Waals surface area (Å²) in [5, 5.41) is 0. The molecule has 82 valence electrons. The molecule has 0 aliphatic rings. The van der Waals surface area contributed by atoms with Gasteiger partial charge >= 0.3 is 0 Å². The second-order valence-corrected chi connectivity index (χ2v) is 3.84. The summed E-state index contributed by atoms with van der Waals surface area (Å²) in [6, 6.07) is 10.3. The van der Waals surface area contributed by atoms with Crippen molar-refractivity contribution in [1.82, 2.24) is 4.90 Å². The number of carbonyl (C=O) groups is 1. The fourth-order valence-corrected chi connectivity index (χ4v) is 1.56. The average Bonchev–Trinajstić information content (AvgIpc) is 2.28. The summed E-state index contributed by atoms with van der Waals surface area (Å²) in [5.74, 6) is 0.217. The molecule has 0 fully saturated rings. The van der Waals surface area contributed by atoms with Crippen LogP contribution in [0.3, 0.4) is 0 Å². The molecule has 15 heavy (non-hydrogen) atoms. The maximum absolute atomic E-state index is 11.7. The average molecular weight is 205 g/mol. The van der Waals surface area contributed by atoms with Gasteiger partial charge in [0.2, 0.25) is 5.91 Å².